The van der Waals surface area contributed by atoms with E-state index in [4.69, 9.17) is 5.73 Å². The van der Waals surface area contributed by atoms with Gasteiger partial charge in [-0.15, -0.1) is 0 Å². The van der Waals surface area contributed by atoms with Crippen LogP contribution in [0.5, 0.6) is 0 Å². The van der Waals surface area contributed by atoms with Gasteiger partial charge >= 0.3 is 0 Å². The van der Waals surface area contributed by atoms with Crippen LogP contribution in [0.15, 0.2) is 48.5 Å². The highest BCUT2D eigenvalue weighted by Crippen LogP contribution is 2.28. The minimum absolute atomic E-state index is 0.0437. The Morgan fingerprint density at radius 3 is 2.54 bits per heavy atom. The normalized spacial score (nSPS) is 13.0. The highest BCUT2D eigenvalue weighted by Gasteiger charge is 2.23. The lowest BCUT2D eigenvalue weighted by Crippen LogP contribution is -2.42. The SMILES string of the molecule is NC(=O)c1ccc(NC(=O)CN2CC(=O)Nc3ccccc32)cc1. The van der Waals surface area contributed by atoms with Crippen molar-refractivity contribution in [3.8, 4) is 0 Å². The van der Waals surface area contributed by atoms with E-state index in [0.717, 1.165) is 5.69 Å². The molecule has 0 unspecified atom stereocenters. The van der Waals surface area contributed by atoms with Crippen molar-refractivity contribution in [2.24, 2.45) is 5.73 Å². The van der Waals surface area contributed by atoms with Gasteiger partial charge in [-0.2, -0.15) is 0 Å². The zero-order valence-corrected chi connectivity index (χ0v) is 12.8. The summed E-state index contributed by atoms with van der Waals surface area (Å²) in [6, 6.07) is 13.6. The third-order valence-corrected chi connectivity index (χ3v) is 3.64. The van der Waals surface area contributed by atoms with E-state index in [1.54, 1.807) is 35.2 Å². The first-order valence-corrected chi connectivity index (χ1v) is 7.36. The summed E-state index contributed by atoms with van der Waals surface area (Å²) in [5.41, 5.74) is 7.59. The minimum Gasteiger partial charge on any atom is -0.366 e. The molecule has 7 heteroatoms. The average Bonchev–Trinajstić information content (AvgIpc) is 2.55. The molecule has 0 aliphatic carbocycles. The number of carbonyl (C=O) groups is 3. The van der Waals surface area contributed by atoms with Crippen molar-refractivity contribution in [3.05, 3.63) is 54.1 Å². The van der Waals surface area contributed by atoms with Gasteiger partial charge in [-0.25, -0.2) is 0 Å². The van der Waals surface area contributed by atoms with Crippen molar-refractivity contribution < 1.29 is 14.4 Å². The number of hydrogen-bond acceptors (Lipinski definition) is 4. The number of anilines is 3. The highest BCUT2D eigenvalue weighted by molar-refractivity contribution is 6.03. The van der Waals surface area contributed by atoms with Gasteiger partial charge in [0, 0.05) is 11.3 Å². The summed E-state index contributed by atoms with van der Waals surface area (Å²) in [5.74, 6) is -0.942. The van der Waals surface area contributed by atoms with Crippen LogP contribution in [0, 0.1) is 0 Å². The molecule has 0 bridgehead atoms. The van der Waals surface area contributed by atoms with Crippen molar-refractivity contribution in [1.82, 2.24) is 0 Å². The predicted octanol–water partition coefficient (Wildman–Crippen LogP) is 1.18. The van der Waals surface area contributed by atoms with E-state index in [0.29, 0.717) is 16.9 Å². The van der Waals surface area contributed by atoms with Gasteiger partial charge in [-0.1, -0.05) is 12.1 Å². The molecule has 0 saturated carbocycles. The molecule has 7 nitrogen and oxygen atoms in total. The van der Waals surface area contributed by atoms with Crippen LogP contribution < -0.4 is 21.3 Å². The van der Waals surface area contributed by atoms with Crippen LogP contribution in [-0.2, 0) is 9.59 Å². The van der Waals surface area contributed by atoms with Gasteiger partial charge in [0.2, 0.25) is 17.7 Å². The summed E-state index contributed by atoms with van der Waals surface area (Å²) in [4.78, 5) is 36.7. The largest absolute Gasteiger partial charge is 0.366 e. The van der Waals surface area contributed by atoms with Crippen molar-refractivity contribution >= 4 is 34.8 Å². The second-order valence-corrected chi connectivity index (χ2v) is 5.41. The Hall–Kier alpha value is -3.35. The van der Waals surface area contributed by atoms with Gasteiger partial charge in [-0.05, 0) is 36.4 Å². The second-order valence-electron chi connectivity index (χ2n) is 5.41. The fraction of sp³-hybridized carbons (Fsp3) is 0.118. The van der Waals surface area contributed by atoms with Crippen molar-refractivity contribution in [1.29, 1.82) is 0 Å². The van der Waals surface area contributed by atoms with Gasteiger partial charge in [0.15, 0.2) is 0 Å². The Morgan fingerprint density at radius 2 is 1.83 bits per heavy atom. The van der Waals surface area contributed by atoms with Gasteiger partial charge in [0.1, 0.15) is 0 Å². The van der Waals surface area contributed by atoms with E-state index in [1.807, 2.05) is 18.2 Å². The first-order chi connectivity index (χ1) is 11.5. The van der Waals surface area contributed by atoms with Crippen LogP contribution in [0.25, 0.3) is 0 Å². The van der Waals surface area contributed by atoms with Crippen molar-refractivity contribution in [3.63, 3.8) is 0 Å². The summed E-state index contributed by atoms with van der Waals surface area (Å²) in [7, 11) is 0. The molecule has 0 aromatic heterocycles. The zero-order chi connectivity index (χ0) is 17.1. The summed E-state index contributed by atoms with van der Waals surface area (Å²) in [6.45, 7) is 0.160. The smallest absolute Gasteiger partial charge is 0.248 e. The molecule has 1 aliphatic rings. The van der Waals surface area contributed by atoms with Gasteiger partial charge in [0.05, 0.1) is 24.5 Å². The second kappa shape index (κ2) is 6.41. The number of benzene rings is 2. The lowest BCUT2D eigenvalue weighted by molar-refractivity contribution is -0.115. The number of primary amides is 1. The predicted molar refractivity (Wildman–Crippen MR) is 90.9 cm³/mol. The fourth-order valence-corrected chi connectivity index (χ4v) is 2.54. The molecule has 2 aromatic carbocycles. The summed E-state index contributed by atoms with van der Waals surface area (Å²) in [5, 5.41) is 5.51. The maximum atomic E-state index is 12.2. The molecule has 0 saturated heterocycles. The lowest BCUT2D eigenvalue weighted by Gasteiger charge is -2.30. The number of nitrogens with zero attached hydrogens (tertiary/aromatic N) is 1. The molecular weight excluding hydrogens is 308 g/mol. The molecular formula is C17H16N4O3. The summed E-state index contributed by atoms with van der Waals surface area (Å²) in [6.07, 6.45) is 0. The molecule has 1 heterocycles. The molecule has 122 valence electrons. The minimum atomic E-state index is -0.524. The quantitative estimate of drug-likeness (QED) is 0.785. The molecule has 0 spiro atoms. The van der Waals surface area contributed by atoms with E-state index in [2.05, 4.69) is 10.6 Å². The van der Waals surface area contributed by atoms with Gasteiger partial charge < -0.3 is 21.3 Å². The van der Waals surface area contributed by atoms with Crippen LogP contribution in [-0.4, -0.2) is 30.8 Å². The molecule has 3 rings (SSSR count). The number of fused-ring (bicyclic) bond motifs is 1. The molecule has 4 N–H and O–H groups in total. The topological polar surface area (TPSA) is 105 Å². The Balaban J connectivity index is 1.69. The molecule has 1 aliphatic heterocycles. The van der Waals surface area contributed by atoms with Gasteiger partial charge in [0.25, 0.3) is 0 Å². The van der Waals surface area contributed by atoms with E-state index < -0.39 is 5.91 Å². The lowest BCUT2D eigenvalue weighted by atomic mass is 10.2. The molecule has 24 heavy (non-hydrogen) atoms. The Labute approximate surface area is 138 Å². The van der Waals surface area contributed by atoms with E-state index in [9.17, 15) is 14.4 Å². The number of nitrogens with two attached hydrogens (primary N) is 1. The van der Waals surface area contributed by atoms with Crippen LogP contribution >= 0.6 is 0 Å². The first-order valence-electron chi connectivity index (χ1n) is 7.36. The van der Waals surface area contributed by atoms with E-state index in [-0.39, 0.29) is 24.9 Å². The van der Waals surface area contributed by atoms with Crippen molar-refractivity contribution in [2.45, 2.75) is 0 Å². The molecule has 2 aromatic rings. The molecule has 0 radical (unpaired) electrons. The van der Waals surface area contributed by atoms with Crippen LogP contribution in [0.4, 0.5) is 17.1 Å². The third-order valence-electron chi connectivity index (χ3n) is 3.64. The number of hydrogen-bond donors (Lipinski definition) is 3. The summed E-state index contributed by atoms with van der Waals surface area (Å²) >= 11 is 0. The Morgan fingerprint density at radius 1 is 1.12 bits per heavy atom. The number of para-hydroxylation sites is 2. The zero-order valence-electron chi connectivity index (χ0n) is 12.8. The van der Waals surface area contributed by atoms with E-state index in [1.165, 1.54) is 0 Å². The highest BCUT2D eigenvalue weighted by atomic mass is 16.2. The Bertz CT molecular complexity index is 802. The van der Waals surface area contributed by atoms with E-state index >= 15 is 0 Å². The average molecular weight is 324 g/mol. The molecule has 0 atom stereocenters. The fourth-order valence-electron chi connectivity index (χ4n) is 2.54. The number of nitrogens with one attached hydrogen (secondary N) is 2. The van der Waals surface area contributed by atoms with Gasteiger partial charge in [-0.3, -0.25) is 14.4 Å². The number of rotatable bonds is 4. The number of amides is 3. The maximum Gasteiger partial charge on any atom is 0.248 e. The van der Waals surface area contributed by atoms with Crippen LogP contribution in [0.1, 0.15) is 10.4 Å². The van der Waals surface area contributed by atoms with Crippen LogP contribution in [0.3, 0.4) is 0 Å². The maximum absolute atomic E-state index is 12.2. The number of carbonyl (C=O) groups excluding carboxylic acids is 3. The third kappa shape index (κ3) is 3.35. The Kier molecular flexibility index (Phi) is 4.15. The molecule has 0 fully saturated rings. The van der Waals surface area contributed by atoms with Crippen LogP contribution in [0.2, 0.25) is 0 Å². The first kappa shape index (κ1) is 15.5. The standard InChI is InChI=1S/C17H16N4O3/c18-17(24)11-5-7-12(8-6-11)19-15(22)9-21-10-16(23)20-13-3-1-2-4-14(13)21/h1-8H,9-10H2,(H2,18,24)(H,19,22)(H,20,23). The molecule has 3 amide bonds. The van der Waals surface area contributed by atoms with Crippen molar-refractivity contribution in [2.75, 3.05) is 28.6 Å². The monoisotopic (exact) mass is 324 g/mol. The summed E-state index contributed by atoms with van der Waals surface area (Å²) < 4.78 is 0.